The number of oxime groups is 2. The monoisotopic (exact) mass is 1450 g/mol. The van der Waals surface area contributed by atoms with Gasteiger partial charge in [-0.1, -0.05) is 10.3 Å². The van der Waals surface area contributed by atoms with E-state index in [0.717, 1.165) is 199 Å². The quantitative estimate of drug-likeness (QED) is 0.0181. The highest BCUT2D eigenvalue weighted by molar-refractivity contribution is 7.89. The number of benzene rings is 3. The number of carbonyl (C=O) groups excluding carboxylic acids is 1. The number of aromatic nitrogens is 9. The summed E-state index contributed by atoms with van der Waals surface area (Å²) in [6, 6.07) is 1.18. The third kappa shape index (κ3) is 14.0. The van der Waals surface area contributed by atoms with Gasteiger partial charge in [-0.25, -0.2) is 40.5 Å². The summed E-state index contributed by atoms with van der Waals surface area (Å²) >= 11 is 0. The van der Waals surface area contributed by atoms with Gasteiger partial charge >= 0.3 is 0 Å². The first-order chi connectivity index (χ1) is 48.4. The smallest absolute Gasteiger partial charge is 0.278 e. The molecular weight excluding hydrogens is 1350 g/mol. The van der Waals surface area contributed by atoms with Crippen molar-refractivity contribution in [3.63, 3.8) is 0 Å². The SMILES string of the molecule is C/C(=N/O)c1c2c(c(Nc3n[nH]c(S(=O)(=O)N4CCC(N(C)C)CC4)n3)c3c1CCC3)CCC2.C/C(=N\O)c1c2c(c(Nc3n[nH]c(S(=O)(=O)N4CCC(N(C)C)CC4)n3)c3c1CCC3)CCC2.CC(=O)c1c2c(c(Nc3n[nH]c(S(=O)(=O)N4CCC(N(C)C)CC4)n3)c3c1CCC3)CCC2. The van der Waals surface area contributed by atoms with E-state index in [2.05, 4.69) is 86.5 Å². The maximum Gasteiger partial charge on any atom is 0.278 e. The third-order valence-electron chi connectivity index (χ3n) is 22.6. The molecule has 3 saturated heterocycles. The van der Waals surface area contributed by atoms with E-state index in [1.54, 1.807) is 6.92 Å². The number of hydrogen-bond donors (Lipinski definition) is 8. The highest BCUT2D eigenvalue weighted by atomic mass is 32.2. The minimum absolute atomic E-state index is 0.119. The molecule has 0 saturated carbocycles. The lowest BCUT2D eigenvalue weighted by Gasteiger charge is -2.33. The molecule has 3 aliphatic heterocycles. The average Bonchev–Trinajstić information content (AvgIpc) is 1.29. The molecule has 6 heterocycles. The van der Waals surface area contributed by atoms with Gasteiger partial charge in [0.05, 0.1) is 11.4 Å². The molecule has 546 valence electrons. The predicted octanol–water partition coefficient (Wildman–Crippen LogP) is 7.32. The van der Waals surface area contributed by atoms with Crippen molar-refractivity contribution >= 4 is 82.2 Å². The Labute approximate surface area is 592 Å². The molecule has 6 aliphatic carbocycles. The van der Waals surface area contributed by atoms with Crippen molar-refractivity contribution in [2.45, 2.75) is 208 Å². The van der Waals surface area contributed by atoms with Crippen molar-refractivity contribution in [2.24, 2.45) is 10.3 Å². The number of hydrogen-bond acceptors (Lipinski definition) is 23. The van der Waals surface area contributed by atoms with Gasteiger partial charge in [-0.3, -0.25) is 4.79 Å². The number of aromatic amines is 3. The minimum atomic E-state index is -3.72. The van der Waals surface area contributed by atoms with E-state index >= 15 is 0 Å². The summed E-state index contributed by atoms with van der Waals surface area (Å²) in [5, 5.41) is 56.2. The molecule has 101 heavy (non-hydrogen) atoms. The molecule has 3 aromatic heterocycles. The Bertz CT molecular complexity index is 4260. The summed E-state index contributed by atoms with van der Waals surface area (Å²) < 4.78 is 83.4. The first-order valence-electron chi connectivity index (χ1n) is 35.9. The highest BCUT2D eigenvalue weighted by Gasteiger charge is 2.39. The van der Waals surface area contributed by atoms with Crippen LogP contribution in [0.15, 0.2) is 25.8 Å². The van der Waals surface area contributed by atoms with E-state index in [4.69, 9.17) is 0 Å². The van der Waals surface area contributed by atoms with Crippen LogP contribution in [0.3, 0.4) is 0 Å². The maximum absolute atomic E-state index is 13.2. The second kappa shape index (κ2) is 29.4. The molecule has 0 atom stereocenters. The summed E-state index contributed by atoms with van der Waals surface area (Å²) in [6.07, 6.45) is 22.0. The fraction of sp³-hybridized carbons (Fsp3) is 0.609. The van der Waals surface area contributed by atoms with E-state index < -0.39 is 30.1 Å². The molecule has 9 aliphatic rings. The molecule has 0 spiro atoms. The zero-order valence-electron chi connectivity index (χ0n) is 59.7. The van der Waals surface area contributed by atoms with Crippen molar-refractivity contribution in [3.8, 4) is 0 Å². The Morgan fingerprint density at radius 2 is 0.604 bits per heavy atom. The molecule has 0 radical (unpaired) electrons. The van der Waals surface area contributed by atoms with Crippen molar-refractivity contribution in [2.75, 3.05) is 97.5 Å². The lowest BCUT2D eigenvalue weighted by Crippen LogP contribution is -2.44. The fourth-order valence-electron chi connectivity index (χ4n) is 17.5. The largest absolute Gasteiger partial charge is 0.411 e. The maximum atomic E-state index is 13.2. The Balaban J connectivity index is 0.000000135. The number of H-pyrrole nitrogens is 3. The zero-order valence-corrected chi connectivity index (χ0v) is 62.1. The van der Waals surface area contributed by atoms with Crippen LogP contribution >= 0.6 is 0 Å². The Hall–Kier alpha value is -7.30. The summed E-state index contributed by atoms with van der Waals surface area (Å²) in [4.78, 5) is 31.9. The molecule has 6 aromatic rings. The summed E-state index contributed by atoms with van der Waals surface area (Å²) in [7, 11) is 0.998. The number of fused-ring (bicyclic) bond motifs is 6. The Morgan fingerprint density at radius 3 is 0.812 bits per heavy atom. The van der Waals surface area contributed by atoms with Gasteiger partial charge in [0.1, 0.15) is 0 Å². The van der Waals surface area contributed by atoms with Crippen LogP contribution in [0.5, 0.6) is 0 Å². The molecule has 0 bridgehead atoms. The highest BCUT2D eigenvalue weighted by Crippen LogP contribution is 2.46. The fourth-order valence-corrected chi connectivity index (χ4v) is 21.4. The zero-order chi connectivity index (χ0) is 71.4. The first-order valence-corrected chi connectivity index (χ1v) is 40.3. The molecule has 8 N–H and O–H groups in total. The number of nitrogens with one attached hydrogen (secondary N) is 6. The molecule has 3 fully saturated rings. The van der Waals surface area contributed by atoms with E-state index in [9.17, 15) is 40.5 Å². The summed E-state index contributed by atoms with van der Waals surface area (Å²) in [6.45, 7) is 8.22. The van der Waals surface area contributed by atoms with E-state index in [0.29, 0.717) is 68.8 Å². The van der Waals surface area contributed by atoms with Gasteiger partial charge in [-0.05, 0) is 284 Å². The second-order valence-corrected chi connectivity index (χ2v) is 34.7. The number of Topliss-reactive ketones (excluding diaryl/α,β-unsaturated/α-hetero) is 1. The van der Waals surface area contributed by atoms with Crippen LogP contribution in [-0.2, 0) is 107 Å². The third-order valence-corrected chi connectivity index (χ3v) is 27.8. The van der Waals surface area contributed by atoms with Crippen molar-refractivity contribution in [3.05, 3.63) is 83.5 Å². The average molecular weight is 1450 g/mol. The number of carbonyl (C=O) groups is 1. The van der Waals surface area contributed by atoms with Gasteiger partial charge in [-0.15, -0.1) is 15.3 Å². The molecule has 32 heteroatoms. The number of ketones is 1. The predicted molar refractivity (Wildman–Crippen MR) is 385 cm³/mol. The van der Waals surface area contributed by atoms with Crippen molar-refractivity contribution in [1.29, 1.82) is 0 Å². The molecule has 3 aromatic carbocycles. The Kier molecular flexibility index (Phi) is 21.0. The first kappa shape index (κ1) is 72.1. The minimum Gasteiger partial charge on any atom is -0.411 e. The molecule has 0 unspecified atom stereocenters. The number of nitrogens with zero attached hydrogens (tertiary/aromatic N) is 14. The van der Waals surface area contributed by atoms with E-state index in [1.807, 2.05) is 56.1 Å². The van der Waals surface area contributed by atoms with Crippen LogP contribution in [0, 0.1) is 0 Å². The number of sulfonamides is 3. The standard InChI is InChI=1S/2C23H33N7O3S.C23H32N6O3S/c2*1-14(28-31)20-16-6-4-8-18(16)21(19-9-5-7-17(19)20)24-22-25-23(27-26-22)34(32,33)30-12-10-15(11-13-30)29(2)3;1-14(30)20-16-6-4-8-18(16)21(19-9-5-7-17(19)20)24-22-25-23(27-26-22)33(31,32)29-12-10-15(11-13-29)28(2)3/h2*15,31H,4-13H2,1-3H3,(H2,24,25,26,27);15H,4-13H2,1-3H3,(H2,24,25,26,27)/b28-14+;28-14-;. The summed E-state index contributed by atoms with van der Waals surface area (Å²) in [5.74, 6) is 0.938. The van der Waals surface area contributed by atoms with Gasteiger partial charge in [-0.2, -0.15) is 27.9 Å². The second-order valence-electron chi connectivity index (χ2n) is 29.1. The molecule has 15 rings (SSSR count). The van der Waals surface area contributed by atoms with Crippen LogP contribution in [0.25, 0.3) is 0 Å². The van der Waals surface area contributed by atoms with Gasteiger partial charge in [0.15, 0.2) is 5.78 Å². The van der Waals surface area contributed by atoms with Crippen molar-refractivity contribution < 1.29 is 40.5 Å². The van der Waals surface area contributed by atoms with Gasteiger partial charge < -0.3 is 41.1 Å². The number of anilines is 6. The van der Waals surface area contributed by atoms with Crippen LogP contribution < -0.4 is 16.0 Å². The normalized spacial score (nSPS) is 19.4. The Morgan fingerprint density at radius 1 is 0.386 bits per heavy atom. The molecule has 0 amide bonds. The van der Waals surface area contributed by atoms with Crippen LogP contribution in [0.2, 0.25) is 0 Å². The van der Waals surface area contributed by atoms with Crippen LogP contribution in [0.1, 0.15) is 186 Å². The number of piperidine rings is 3. The van der Waals surface area contributed by atoms with Gasteiger partial charge in [0, 0.05) is 91.1 Å². The molecule has 29 nitrogen and oxygen atoms in total. The van der Waals surface area contributed by atoms with Gasteiger partial charge in [0.25, 0.3) is 45.5 Å². The lowest BCUT2D eigenvalue weighted by atomic mass is 9.90. The molecular formula is C69H98N20O9S3. The van der Waals surface area contributed by atoms with Crippen LogP contribution in [0.4, 0.5) is 34.9 Å². The lowest BCUT2D eigenvalue weighted by molar-refractivity contribution is 0.101. The topological polar surface area (TPSA) is 365 Å². The summed E-state index contributed by atoms with van der Waals surface area (Å²) in [5.41, 5.74) is 21.8. The number of rotatable bonds is 18. The van der Waals surface area contributed by atoms with Crippen LogP contribution in [-0.4, -0.2) is 226 Å². The van der Waals surface area contributed by atoms with E-state index in [-0.39, 0.29) is 39.1 Å². The van der Waals surface area contributed by atoms with Crippen molar-refractivity contribution in [1.82, 2.24) is 73.2 Å². The van der Waals surface area contributed by atoms with Gasteiger partial charge in [0.2, 0.25) is 17.8 Å². The van der Waals surface area contributed by atoms with E-state index in [1.165, 1.54) is 68.6 Å².